The second-order valence-electron chi connectivity index (χ2n) is 0. The van der Waals surface area contributed by atoms with Crippen LogP contribution >= 0.6 is 0 Å². The minimum Gasteiger partial charge on any atom is -0.412 e. The molecule has 6 heteroatoms. The van der Waals surface area contributed by atoms with Gasteiger partial charge in [-0.15, -0.1) is 0 Å². The molecule has 1 nitrogen and oxygen atoms in total. The van der Waals surface area contributed by atoms with Crippen LogP contribution in [-0.4, -0.2) is 5.48 Å². The van der Waals surface area contributed by atoms with E-state index in [1.807, 2.05) is 0 Å². The first-order chi connectivity index (χ1) is 0. The van der Waals surface area contributed by atoms with E-state index in [1.54, 1.807) is 0 Å². The van der Waals surface area contributed by atoms with Gasteiger partial charge in [0.1, 0.15) is 0 Å². The average Bonchev–Trinajstić information content (AvgIpc) is 0. The number of rotatable bonds is 0. The molecule has 0 fully saturated rings. The van der Waals surface area contributed by atoms with Crippen molar-refractivity contribution in [1.82, 2.24) is 0 Å². The summed E-state index contributed by atoms with van der Waals surface area (Å²) >= 11 is 0. The van der Waals surface area contributed by atoms with Gasteiger partial charge in [-0.1, -0.05) is 0 Å². The molecular weight excluding hydrogens is 188 g/mol. The quantitative estimate of drug-likeness (QED) is 0.377. The molecule has 0 aromatic rings. The van der Waals surface area contributed by atoms with Crippen molar-refractivity contribution < 1.29 is 45.4 Å². The van der Waals surface area contributed by atoms with E-state index >= 15 is 0 Å². The topological polar surface area (TPSA) is 31.5 Å². The molecule has 0 saturated heterocycles. The Bertz CT molecular complexity index is 7.51. The smallest absolute Gasteiger partial charge is 0 e. The minimum atomic E-state index is 0. The number of hydrogen-bond acceptors (Lipinski definition) is 0. The summed E-state index contributed by atoms with van der Waals surface area (Å²) in [6, 6.07) is 0. The molecule has 0 atom stereocenters. The molecule has 0 spiro atoms. The van der Waals surface area contributed by atoms with Crippen molar-refractivity contribution in [2.75, 3.05) is 0 Å². The van der Waals surface area contributed by atoms with Gasteiger partial charge in [0.25, 0.3) is 0 Å². The van der Waals surface area contributed by atoms with Gasteiger partial charge in [0, 0.05) is 21.1 Å². The van der Waals surface area contributed by atoms with Gasteiger partial charge in [0.15, 0.2) is 0 Å². The first kappa shape index (κ1) is 1350. The molecule has 0 aromatic carbocycles. The Balaban J connectivity index is 0. The van der Waals surface area contributed by atoms with Gasteiger partial charge in [0.05, 0.1) is 0 Å². The Kier molecular flexibility index (Phi) is 170000. The maximum absolute atomic E-state index is 0. The van der Waals surface area contributed by atoms with Crippen LogP contribution in [0.2, 0.25) is 0 Å². The summed E-state index contributed by atoms with van der Waals surface area (Å²) in [6.07, 6.45) is 0. The van der Waals surface area contributed by atoms with E-state index < -0.39 is 0 Å². The molecule has 6 heavy (non-hydrogen) atoms. The summed E-state index contributed by atoms with van der Waals surface area (Å²) in [5.41, 5.74) is 0. The van der Waals surface area contributed by atoms with Crippen LogP contribution in [0, 0.1) is 0 Å². The molecular formula is H6F4MoO. The molecule has 0 heterocycles. The first-order valence-corrected chi connectivity index (χ1v) is 0. The van der Waals surface area contributed by atoms with Crippen LogP contribution < -0.4 is 0 Å². The van der Waals surface area contributed by atoms with E-state index in [0.717, 1.165) is 0 Å². The van der Waals surface area contributed by atoms with E-state index in [4.69, 9.17) is 0 Å². The van der Waals surface area contributed by atoms with E-state index in [0.29, 0.717) is 0 Å². The predicted molar refractivity (Wildman–Crippen MR) is 13.6 cm³/mol. The normalized spacial score (nSPS) is 0. The Labute approximate surface area is 46.2 Å². The molecule has 0 aliphatic rings. The Morgan fingerprint density at radius 1 is 0.500 bits per heavy atom. The van der Waals surface area contributed by atoms with E-state index in [9.17, 15) is 0 Å². The van der Waals surface area contributed by atoms with E-state index in [1.165, 1.54) is 0 Å². The Morgan fingerprint density at radius 3 is 0.500 bits per heavy atom. The van der Waals surface area contributed by atoms with E-state index in [-0.39, 0.29) is 45.4 Å². The summed E-state index contributed by atoms with van der Waals surface area (Å²) in [6.45, 7) is 0. The molecule has 0 aliphatic carbocycles. The van der Waals surface area contributed by atoms with Crippen molar-refractivity contribution in [2.24, 2.45) is 0 Å². The maximum atomic E-state index is 0. The van der Waals surface area contributed by atoms with Crippen molar-refractivity contribution in [3.63, 3.8) is 0 Å². The second kappa shape index (κ2) is 755. The second-order valence-corrected chi connectivity index (χ2v) is 0. The van der Waals surface area contributed by atoms with Crippen molar-refractivity contribution in [1.29, 1.82) is 0 Å². The zero-order chi connectivity index (χ0) is 0. The third-order valence-corrected chi connectivity index (χ3v) is 0. The summed E-state index contributed by atoms with van der Waals surface area (Å²) in [5, 5.41) is 0. The van der Waals surface area contributed by atoms with Crippen molar-refractivity contribution >= 4 is 0 Å². The summed E-state index contributed by atoms with van der Waals surface area (Å²) in [5.74, 6) is 0. The van der Waals surface area contributed by atoms with Crippen molar-refractivity contribution in [2.45, 2.75) is 0 Å². The van der Waals surface area contributed by atoms with E-state index in [2.05, 4.69) is 0 Å². The summed E-state index contributed by atoms with van der Waals surface area (Å²) in [4.78, 5) is 0. The Morgan fingerprint density at radius 2 is 0.500 bits per heavy atom. The largest absolute Gasteiger partial charge is 0.412 e. The van der Waals surface area contributed by atoms with Crippen LogP contribution in [-0.2, 0) is 21.1 Å². The van der Waals surface area contributed by atoms with Crippen LogP contribution in [0.4, 0.5) is 18.8 Å². The average molecular weight is 194 g/mol. The third-order valence-electron chi connectivity index (χ3n) is 0. The van der Waals surface area contributed by atoms with Gasteiger partial charge in [-0.3, -0.25) is 18.8 Å². The molecule has 0 bridgehead atoms. The zero-order valence-electron chi connectivity index (χ0n) is 2.54. The molecule has 0 aromatic heterocycles. The van der Waals surface area contributed by atoms with Crippen LogP contribution in [0.15, 0.2) is 0 Å². The molecule has 0 saturated carbocycles. The van der Waals surface area contributed by atoms with Gasteiger partial charge in [-0.25, -0.2) is 0 Å². The first-order valence-electron chi connectivity index (χ1n) is 0. The molecule has 0 unspecified atom stereocenters. The molecule has 0 amide bonds. The minimum absolute atomic E-state index is 0. The SMILES string of the molecule is F.F.F.F.O.[Mo]. The number of hydrogen-bond donors (Lipinski definition) is 0. The van der Waals surface area contributed by atoms with Gasteiger partial charge < -0.3 is 5.48 Å². The monoisotopic (exact) mass is 196 g/mol. The summed E-state index contributed by atoms with van der Waals surface area (Å²) in [7, 11) is 0. The third kappa shape index (κ3) is 365. The predicted octanol–water partition coefficient (Wildman–Crippen LogP) is -0.217. The Hall–Kier alpha value is 0.368. The molecule has 46 valence electrons. The van der Waals surface area contributed by atoms with Crippen LogP contribution in [0.1, 0.15) is 0 Å². The van der Waals surface area contributed by atoms with Crippen LogP contribution in [0.5, 0.6) is 0 Å². The van der Waals surface area contributed by atoms with Crippen LogP contribution in [0.25, 0.3) is 0 Å². The standard InChI is InChI=1S/4FH.Mo.H2O/h4*1H;;1H2. The maximum Gasteiger partial charge on any atom is 0 e. The molecule has 2 N–H and O–H groups in total. The van der Waals surface area contributed by atoms with Crippen molar-refractivity contribution in [3.05, 3.63) is 0 Å². The fourth-order valence-electron chi connectivity index (χ4n) is 0. The molecule has 0 radical (unpaired) electrons. The fraction of sp³-hybridized carbons (Fsp3) is 0. The molecule has 0 aliphatic heterocycles. The van der Waals surface area contributed by atoms with Crippen LogP contribution in [0.3, 0.4) is 0 Å². The van der Waals surface area contributed by atoms with Gasteiger partial charge in [-0.2, -0.15) is 0 Å². The van der Waals surface area contributed by atoms with Gasteiger partial charge >= 0.3 is 0 Å². The zero-order valence-corrected chi connectivity index (χ0v) is 4.55. The summed E-state index contributed by atoms with van der Waals surface area (Å²) < 4.78 is 0. The number of halogens is 4. The molecule has 0 rings (SSSR count). The fourth-order valence-corrected chi connectivity index (χ4v) is 0. The van der Waals surface area contributed by atoms with Crippen molar-refractivity contribution in [3.8, 4) is 0 Å². The van der Waals surface area contributed by atoms with Gasteiger partial charge in [0.2, 0.25) is 0 Å². The van der Waals surface area contributed by atoms with Gasteiger partial charge in [-0.05, 0) is 0 Å².